The van der Waals surface area contributed by atoms with Gasteiger partial charge in [-0.1, -0.05) is 24.3 Å². The number of pyridine rings is 1. The highest BCUT2D eigenvalue weighted by atomic mass is 32.1. The van der Waals surface area contributed by atoms with Crippen LogP contribution in [0.1, 0.15) is 0 Å². The van der Waals surface area contributed by atoms with Crippen molar-refractivity contribution >= 4 is 33.6 Å². The number of benzene rings is 2. The Hall–Kier alpha value is -4.69. The third-order valence-electron chi connectivity index (χ3n) is 5.44. The molecule has 0 aliphatic rings. The first-order valence-electron chi connectivity index (χ1n) is 10.9. The van der Waals surface area contributed by atoms with Crippen molar-refractivity contribution in [1.29, 1.82) is 0 Å². The molecule has 0 amide bonds. The maximum atomic E-state index is 6.07. The van der Waals surface area contributed by atoms with Crippen LogP contribution in [-0.2, 0) is 0 Å². The molecule has 0 unspecified atom stereocenters. The fraction of sp³-hybridized carbons (Fsp3) is 0. The fourth-order valence-corrected chi connectivity index (χ4v) is 4.42. The number of aromatic nitrogens is 5. The van der Waals surface area contributed by atoms with E-state index >= 15 is 0 Å². The number of fused-ring (bicyclic) bond motifs is 1. The molecule has 0 bridgehead atoms. The lowest BCUT2D eigenvalue weighted by Crippen LogP contribution is -1.99. The van der Waals surface area contributed by atoms with Crippen molar-refractivity contribution in [2.75, 3.05) is 5.32 Å². The predicted molar refractivity (Wildman–Crippen MR) is 138 cm³/mol. The van der Waals surface area contributed by atoms with Crippen LogP contribution >= 0.6 is 11.3 Å². The zero-order valence-corrected chi connectivity index (χ0v) is 19.2. The van der Waals surface area contributed by atoms with Gasteiger partial charge in [-0.25, -0.2) is 15.0 Å². The summed E-state index contributed by atoms with van der Waals surface area (Å²) in [5.41, 5.74) is 4.37. The molecule has 0 atom stereocenters. The predicted octanol–water partition coefficient (Wildman–Crippen LogP) is 6.75. The minimum atomic E-state index is 0.479. The average Bonchev–Trinajstić information content (AvgIpc) is 3.46. The first kappa shape index (κ1) is 20.9. The summed E-state index contributed by atoms with van der Waals surface area (Å²) >= 11 is 1.65. The second kappa shape index (κ2) is 9.28. The maximum absolute atomic E-state index is 6.07. The second-order valence-electron chi connectivity index (χ2n) is 7.66. The highest BCUT2D eigenvalue weighted by Crippen LogP contribution is 2.33. The fourth-order valence-electron chi connectivity index (χ4n) is 3.78. The van der Waals surface area contributed by atoms with Crippen molar-refractivity contribution in [3.8, 4) is 34.1 Å². The Morgan fingerprint density at radius 3 is 2.46 bits per heavy atom. The lowest BCUT2D eigenvalue weighted by Gasteiger charge is -2.12. The number of hydrogen-bond donors (Lipinski definition) is 1. The minimum absolute atomic E-state index is 0.479. The molecule has 0 aliphatic carbocycles. The number of anilines is 2. The molecule has 0 fully saturated rings. The molecule has 35 heavy (non-hydrogen) atoms. The van der Waals surface area contributed by atoms with E-state index in [0.717, 1.165) is 39.0 Å². The molecule has 0 spiro atoms. The summed E-state index contributed by atoms with van der Waals surface area (Å²) in [5.74, 6) is 1.84. The van der Waals surface area contributed by atoms with Gasteiger partial charge in [-0.05, 0) is 53.9 Å². The van der Waals surface area contributed by atoms with Crippen LogP contribution in [0.4, 0.5) is 11.5 Å². The summed E-state index contributed by atoms with van der Waals surface area (Å²) in [4.78, 5) is 12.7. The highest BCUT2D eigenvalue weighted by Gasteiger charge is 2.12. The molecule has 4 heterocycles. The van der Waals surface area contributed by atoms with Crippen LogP contribution in [0.3, 0.4) is 0 Å². The molecule has 2 aromatic carbocycles. The summed E-state index contributed by atoms with van der Waals surface area (Å²) in [7, 11) is 0. The van der Waals surface area contributed by atoms with E-state index in [9.17, 15) is 0 Å². The van der Waals surface area contributed by atoms with Crippen LogP contribution in [0, 0.1) is 0 Å². The third-order valence-corrected chi connectivity index (χ3v) is 6.13. The van der Waals surface area contributed by atoms with Crippen LogP contribution in [0.25, 0.3) is 33.3 Å². The monoisotopic (exact) mass is 474 g/mol. The summed E-state index contributed by atoms with van der Waals surface area (Å²) in [6, 6.07) is 23.4. The van der Waals surface area contributed by atoms with Crippen LogP contribution in [-0.4, -0.2) is 25.1 Å². The van der Waals surface area contributed by atoms with Gasteiger partial charge in [0.1, 0.15) is 17.8 Å². The van der Waals surface area contributed by atoms with Gasteiger partial charge in [0, 0.05) is 39.8 Å². The molecule has 7 nitrogen and oxygen atoms in total. The van der Waals surface area contributed by atoms with E-state index in [1.54, 1.807) is 23.7 Å². The van der Waals surface area contributed by atoms with Crippen molar-refractivity contribution in [3.63, 3.8) is 0 Å². The van der Waals surface area contributed by atoms with E-state index in [4.69, 9.17) is 4.74 Å². The summed E-state index contributed by atoms with van der Waals surface area (Å²) in [6.45, 7) is 0. The molecule has 6 aromatic rings. The molecule has 1 N–H and O–H groups in total. The third kappa shape index (κ3) is 4.30. The number of rotatable bonds is 6. The van der Waals surface area contributed by atoms with E-state index in [0.29, 0.717) is 17.4 Å². The molecule has 8 heteroatoms. The molecule has 168 valence electrons. The van der Waals surface area contributed by atoms with Gasteiger partial charge in [0.2, 0.25) is 5.88 Å². The number of thiophene rings is 1. The highest BCUT2D eigenvalue weighted by molar-refractivity contribution is 7.08. The Balaban J connectivity index is 1.26. The molecule has 4 aromatic heterocycles. The van der Waals surface area contributed by atoms with Gasteiger partial charge in [-0.2, -0.15) is 11.3 Å². The molecular formula is C27H18N6OS. The largest absolute Gasteiger partial charge is 0.438 e. The van der Waals surface area contributed by atoms with Crippen molar-refractivity contribution in [3.05, 3.63) is 102 Å². The average molecular weight is 475 g/mol. The van der Waals surface area contributed by atoms with E-state index in [-0.39, 0.29) is 0 Å². The second-order valence-corrected chi connectivity index (χ2v) is 8.44. The number of nitrogens with zero attached hydrogens (tertiary/aromatic N) is 5. The van der Waals surface area contributed by atoms with Crippen molar-refractivity contribution in [1.82, 2.24) is 25.1 Å². The summed E-state index contributed by atoms with van der Waals surface area (Å²) in [5, 5.41) is 18.6. The Kier molecular flexibility index (Phi) is 5.54. The summed E-state index contributed by atoms with van der Waals surface area (Å²) in [6.07, 6.45) is 4.89. The number of ether oxygens (including phenoxy) is 1. The van der Waals surface area contributed by atoms with E-state index in [1.807, 2.05) is 60.0 Å². The van der Waals surface area contributed by atoms with Crippen molar-refractivity contribution in [2.24, 2.45) is 0 Å². The van der Waals surface area contributed by atoms with Crippen LogP contribution in [0.5, 0.6) is 11.6 Å². The van der Waals surface area contributed by atoms with Gasteiger partial charge < -0.3 is 10.1 Å². The smallest absolute Gasteiger partial charge is 0.228 e. The number of nitrogens with one attached hydrogen (secondary N) is 1. The zero-order valence-electron chi connectivity index (χ0n) is 18.4. The number of hydrogen-bond acceptors (Lipinski definition) is 8. The molecule has 0 saturated heterocycles. The Bertz CT molecular complexity index is 1590. The molecule has 0 saturated carbocycles. The topological polar surface area (TPSA) is 85.7 Å². The molecule has 0 aliphatic heterocycles. The SMILES string of the molecule is c1cnc(Oc2ccc(Nc3nnc(-c4ccsc4)c4ccccc34)cc2)c(-c2ccncn2)c1. The molecular weight excluding hydrogens is 456 g/mol. The first-order valence-corrected chi connectivity index (χ1v) is 11.8. The zero-order chi connectivity index (χ0) is 23.5. The summed E-state index contributed by atoms with van der Waals surface area (Å²) < 4.78 is 6.07. The van der Waals surface area contributed by atoms with Gasteiger partial charge in [0.25, 0.3) is 0 Å². The normalized spacial score (nSPS) is 10.9. The van der Waals surface area contributed by atoms with Gasteiger partial charge in [-0.3, -0.25) is 0 Å². The standard InChI is InChI=1S/C27H18N6OS/c1-2-5-22-21(4-1)25(18-12-15-35-16-18)32-33-26(22)31-19-7-9-20(10-8-19)34-27-23(6-3-13-29-27)24-11-14-28-17-30-24/h1-17H,(H,31,33). The van der Waals surface area contributed by atoms with Gasteiger partial charge >= 0.3 is 0 Å². The van der Waals surface area contributed by atoms with Gasteiger partial charge in [-0.15, -0.1) is 10.2 Å². The van der Waals surface area contributed by atoms with E-state index < -0.39 is 0 Å². The Labute approximate surface area is 205 Å². The van der Waals surface area contributed by atoms with E-state index in [2.05, 4.69) is 54.0 Å². The Morgan fingerprint density at radius 2 is 1.66 bits per heavy atom. The van der Waals surface area contributed by atoms with Crippen molar-refractivity contribution < 1.29 is 4.74 Å². The molecule has 0 radical (unpaired) electrons. The van der Waals surface area contributed by atoms with E-state index in [1.165, 1.54) is 6.33 Å². The lowest BCUT2D eigenvalue weighted by atomic mass is 10.1. The van der Waals surface area contributed by atoms with Crippen LogP contribution in [0.2, 0.25) is 0 Å². The van der Waals surface area contributed by atoms with Crippen LogP contribution < -0.4 is 10.1 Å². The van der Waals surface area contributed by atoms with Gasteiger partial charge in [0.15, 0.2) is 5.82 Å². The Morgan fingerprint density at radius 1 is 0.771 bits per heavy atom. The van der Waals surface area contributed by atoms with Crippen molar-refractivity contribution in [2.45, 2.75) is 0 Å². The molecule has 6 rings (SSSR count). The lowest BCUT2D eigenvalue weighted by molar-refractivity contribution is 0.465. The quantitative estimate of drug-likeness (QED) is 0.286. The first-order chi connectivity index (χ1) is 17.3. The van der Waals surface area contributed by atoms with Gasteiger partial charge in [0.05, 0.1) is 11.3 Å². The van der Waals surface area contributed by atoms with Crippen LogP contribution in [0.15, 0.2) is 102 Å². The maximum Gasteiger partial charge on any atom is 0.228 e. The minimum Gasteiger partial charge on any atom is -0.438 e.